The number of thiazole rings is 1. The highest BCUT2D eigenvalue weighted by Crippen LogP contribution is 2.24. The summed E-state index contributed by atoms with van der Waals surface area (Å²) in [6.07, 6.45) is 0. The average Bonchev–Trinajstić information content (AvgIpc) is 2.81. The fourth-order valence-corrected chi connectivity index (χ4v) is 2.86. The van der Waals surface area contributed by atoms with Gasteiger partial charge in [0, 0.05) is 4.88 Å². The number of benzene rings is 1. The van der Waals surface area contributed by atoms with Crippen molar-refractivity contribution in [3.8, 4) is 11.5 Å². The molecule has 0 fully saturated rings. The fraction of sp³-hybridized carbons (Fsp3) is 0.333. The van der Waals surface area contributed by atoms with Crippen molar-refractivity contribution < 1.29 is 14.3 Å². The van der Waals surface area contributed by atoms with Gasteiger partial charge in [0.1, 0.15) is 11.5 Å². The number of nitrogens with zero attached hydrogens (tertiary/aromatic N) is 1. The molecule has 1 aromatic carbocycles. The first-order chi connectivity index (χ1) is 10.0. The van der Waals surface area contributed by atoms with Crippen LogP contribution in [0.1, 0.15) is 25.9 Å². The van der Waals surface area contributed by atoms with E-state index in [-0.39, 0.29) is 5.91 Å². The molecule has 0 unspecified atom stereocenters. The summed E-state index contributed by atoms with van der Waals surface area (Å²) in [5, 5.41) is 3.89. The van der Waals surface area contributed by atoms with Crippen LogP contribution in [0, 0.1) is 13.8 Å². The summed E-state index contributed by atoms with van der Waals surface area (Å²) in [6, 6.07) is 5.14. The third kappa shape index (κ3) is 3.52. The van der Waals surface area contributed by atoms with Crippen LogP contribution >= 0.6 is 11.3 Å². The lowest BCUT2D eigenvalue weighted by Crippen LogP contribution is -2.23. The molecule has 0 saturated heterocycles. The number of aromatic nitrogens is 1. The smallest absolute Gasteiger partial charge is 0.255 e. The third-order valence-electron chi connectivity index (χ3n) is 3.06. The predicted octanol–water partition coefficient (Wildman–Crippen LogP) is 2.71. The van der Waals surface area contributed by atoms with E-state index in [9.17, 15) is 4.79 Å². The molecule has 0 aliphatic carbocycles. The minimum Gasteiger partial charge on any atom is -0.497 e. The highest BCUT2D eigenvalue weighted by molar-refractivity contribution is 7.11. The standard InChI is InChI=1S/C15H18N2O3S/c1-9-14(21-10(2)17-9)8-16-15(18)12-7-11(19-3)5-6-13(12)20-4/h5-7H,8H2,1-4H3,(H,16,18). The molecule has 0 bridgehead atoms. The number of aryl methyl sites for hydroxylation is 2. The number of hydrogen-bond donors (Lipinski definition) is 1. The number of hydrogen-bond acceptors (Lipinski definition) is 5. The molecule has 0 saturated carbocycles. The van der Waals surface area contributed by atoms with E-state index in [1.54, 1.807) is 36.6 Å². The number of carbonyl (C=O) groups excluding carboxylic acids is 1. The summed E-state index contributed by atoms with van der Waals surface area (Å²) in [7, 11) is 3.10. The third-order valence-corrected chi connectivity index (χ3v) is 4.13. The molecule has 112 valence electrons. The number of methoxy groups -OCH3 is 2. The van der Waals surface area contributed by atoms with Crippen LogP contribution in [-0.2, 0) is 6.54 Å². The molecule has 1 N–H and O–H groups in total. The van der Waals surface area contributed by atoms with Gasteiger partial charge < -0.3 is 14.8 Å². The molecule has 0 aliphatic rings. The number of rotatable bonds is 5. The monoisotopic (exact) mass is 306 g/mol. The molecule has 2 rings (SSSR count). The van der Waals surface area contributed by atoms with Gasteiger partial charge in [0.2, 0.25) is 0 Å². The second kappa shape index (κ2) is 6.58. The highest BCUT2D eigenvalue weighted by atomic mass is 32.1. The van der Waals surface area contributed by atoms with E-state index in [0.717, 1.165) is 15.6 Å². The van der Waals surface area contributed by atoms with Crippen LogP contribution in [0.2, 0.25) is 0 Å². The number of ether oxygens (including phenoxy) is 2. The average molecular weight is 306 g/mol. The molecule has 1 aromatic heterocycles. The van der Waals surface area contributed by atoms with E-state index >= 15 is 0 Å². The van der Waals surface area contributed by atoms with Gasteiger partial charge in [0.05, 0.1) is 37.0 Å². The van der Waals surface area contributed by atoms with Gasteiger partial charge in [0.25, 0.3) is 5.91 Å². The minimum absolute atomic E-state index is 0.198. The molecule has 21 heavy (non-hydrogen) atoms. The van der Waals surface area contributed by atoms with Crippen molar-refractivity contribution in [2.45, 2.75) is 20.4 Å². The van der Waals surface area contributed by atoms with E-state index in [2.05, 4.69) is 10.3 Å². The SMILES string of the molecule is COc1ccc(OC)c(C(=O)NCc2sc(C)nc2C)c1. The molecule has 5 nitrogen and oxygen atoms in total. The number of carbonyl (C=O) groups is 1. The summed E-state index contributed by atoms with van der Waals surface area (Å²) >= 11 is 1.59. The zero-order chi connectivity index (χ0) is 15.4. The van der Waals surface area contributed by atoms with Crippen LogP contribution in [-0.4, -0.2) is 25.1 Å². The Hall–Kier alpha value is -2.08. The Kier molecular flexibility index (Phi) is 4.80. The molecule has 0 radical (unpaired) electrons. The highest BCUT2D eigenvalue weighted by Gasteiger charge is 2.14. The van der Waals surface area contributed by atoms with Gasteiger partial charge in [-0.1, -0.05) is 0 Å². The topological polar surface area (TPSA) is 60.5 Å². The summed E-state index contributed by atoms with van der Waals surface area (Å²) in [6.45, 7) is 4.35. The molecular formula is C15H18N2O3S. The van der Waals surface area contributed by atoms with Crippen molar-refractivity contribution >= 4 is 17.2 Å². The first-order valence-corrected chi connectivity index (χ1v) is 7.30. The number of amides is 1. The molecular weight excluding hydrogens is 288 g/mol. The van der Waals surface area contributed by atoms with Gasteiger partial charge >= 0.3 is 0 Å². The predicted molar refractivity (Wildman–Crippen MR) is 82.3 cm³/mol. The van der Waals surface area contributed by atoms with Crippen LogP contribution in [0.4, 0.5) is 0 Å². The fourth-order valence-electron chi connectivity index (χ4n) is 1.98. The molecule has 2 aromatic rings. The summed E-state index contributed by atoms with van der Waals surface area (Å²) < 4.78 is 10.4. The molecule has 0 aliphatic heterocycles. The van der Waals surface area contributed by atoms with Gasteiger partial charge in [-0.05, 0) is 32.0 Å². The van der Waals surface area contributed by atoms with Gasteiger partial charge in [-0.3, -0.25) is 4.79 Å². The van der Waals surface area contributed by atoms with Crippen molar-refractivity contribution in [1.82, 2.24) is 10.3 Å². The first kappa shape index (κ1) is 15.3. The largest absolute Gasteiger partial charge is 0.497 e. The van der Waals surface area contributed by atoms with Crippen LogP contribution in [0.15, 0.2) is 18.2 Å². The Bertz CT molecular complexity index is 652. The molecule has 0 spiro atoms. The Morgan fingerprint density at radius 3 is 2.62 bits per heavy atom. The second-order valence-electron chi connectivity index (χ2n) is 4.49. The molecule has 1 heterocycles. The maximum atomic E-state index is 12.3. The maximum Gasteiger partial charge on any atom is 0.255 e. The van der Waals surface area contributed by atoms with Gasteiger partial charge in [0.15, 0.2) is 0 Å². The minimum atomic E-state index is -0.198. The van der Waals surface area contributed by atoms with Gasteiger partial charge in [-0.2, -0.15) is 0 Å². The zero-order valence-corrected chi connectivity index (χ0v) is 13.3. The Morgan fingerprint density at radius 1 is 1.29 bits per heavy atom. The van der Waals surface area contributed by atoms with Crippen molar-refractivity contribution in [2.24, 2.45) is 0 Å². The Balaban J connectivity index is 2.14. The van der Waals surface area contributed by atoms with E-state index in [1.165, 1.54) is 7.11 Å². The lowest BCUT2D eigenvalue weighted by Gasteiger charge is -2.10. The van der Waals surface area contributed by atoms with Crippen molar-refractivity contribution in [3.63, 3.8) is 0 Å². The van der Waals surface area contributed by atoms with E-state index in [0.29, 0.717) is 23.6 Å². The number of nitrogens with one attached hydrogen (secondary N) is 1. The van der Waals surface area contributed by atoms with Crippen molar-refractivity contribution in [1.29, 1.82) is 0 Å². The summed E-state index contributed by atoms with van der Waals surface area (Å²) in [5.74, 6) is 0.937. The van der Waals surface area contributed by atoms with Crippen LogP contribution in [0.3, 0.4) is 0 Å². The van der Waals surface area contributed by atoms with E-state index in [1.807, 2.05) is 13.8 Å². The second-order valence-corrected chi connectivity index (χ2v) is 5.78. The molecule has 0 atom stereocenters. The lowest BCUT2D eigenvalue weighted by atomic mass is 10.1. The zero-order valence-electron chi connectivity index (χ0n) is 12.5. The molecule has 1 amide bonds. The van der Waals surface area contributed by atoms with Gasteiger partial charge in [-0.15, -0.1) is 11.3 Å². The van der Waals surface area contributed by atoms with Crippen LogP contribution in [0.25, 0.3) is 0 Å². The van der Waals surface area contributed by atoms with E-state index in [4.69, 9.17) is 9.47 Å². The van der Waals surface area contributed by atoms with Gasteiger partial charge in [-0.25, -0.2) is 4.98 Å². The van der Waals surface area contributed by atoms with Crippen LogP contribution in [0.5, 0.6) is 11.5 Å². The maximum absolute atomic E-state index is 12.3. The Labute approximate surface area is 127 Å². The van der Waals surface area contributed by atoms with Crippen LogP contribution < -0.4 is 14.8 Å². The lowest BCUT2D eigenvalue weighted by molar-refractivity contribution is 0.0948. The quantitative estimate of drug-likeness (QED) is 0.922. The summed E-state index contributed by atoms with van der Waals surface area (Å²) in [5.41, 5.74) is 1.41. The first-order valence-electron chi connectivity index (χ1n) is 6.48. The molecule has 6 heteroatoms. The van der Waals surface area contributed by atoms with Crippen molar-refractivity contribution in [3.05, 3.63) is 39.3 Å². The summed E-state index contributed by atoms with van der Waals surface area (Å²) in [4.78, 5) is 17.7. The van der Waals surface area contributed by atoms with E-state index < -0.39 is 0 Å². The van der Waals surface area contributed by atoms with Crippen molar-refractivity contribution in [2.75, 3.05) is 14.2 Å². The Morgan fingerprint density at radius 2 is 2.05 bits per heavy atom. The normalized spacial score (nSPS) is 10.3.